The van der Waals surface area contributed by atoms with Gasteiger partial charge in [-0.1, -0.05) is 88.7 Å². The van der Waals surface area contributed by atoms with Crippen molar-refractivity contribution in [2.75, 3.05) is 5.33 Å². The highest BCUT2D eigenvalue weighted by Crippen LogP contribution is 2.30. The molecule has 0 bridgehead atoms. The first-order valence-electron chi connectivity index (χ1n) is 8.33. The highest BCUT2D eigenvalue weighted by Gasteiger charge is 2.17. The van der Waals surface area contributed by atoms with Crippen LogP contribution in [0.3, 0.4) is 0 Å². The van der Waals surface area contributed by atoms with Crippen LogP contribution in [0.4, 0.5) is 0 Å². The highest BCUT2D eigenvalue weighted by atomic mass is 79.9. The SMILES string of the molecule is O=C(CBr)c1ccc(C(=O)c2c3ccccc3cc3ccccc23)cc1. The fourth-order valence-corrected chi connectivity index (χ4v) is 3.61. The zero-order chi connectivity index (χ0) is 18.1. The summed E-state index contributed by atoms with van der Waals surface area (Å²) >= 11 is 3.17. The van der Waals surface area contributed by atoms with Gasteiger partial charge in [-0.3, -0.25) is 9.59 Å². The molecule has 0 spiro atoms. The topological polar surface area (TPSA) is 34.1 Å². The summed E-state index contributed by atoms with van der Waals surface area (Å²) in [4.78, 5) is 25.1. The van der Waals surface area contributed by atoms with Crippen LogP contribution in [-0.2, 0) is 0 Å². The van der Waals surface area contributed by atoms with Crippen LogP contribution in [0.1, 0.15) is 26.3 Å². The smallest absolute Gasteiger partial charge is 0.194 e. The van der Waals surface area contributed by atoms with Crippen molar-refractivity contribution in [3.63, 3.8) is 0 Å². The van der Waals surface area contributed by atoms with Gasteiger partial charge in [0.1, 0.15) is 0 Å². The maximum atomic E-state index is 13.3. The summed E-state index contributed by atoms with van der Waals surface area (Å²) in [5, 5.41) is 4.24. The molecule has 0 fully saturated rings. The standard InChI is InChI=1S/C23H15BrO2/c24-14-21(25)15-9-11-16(12-10-15)23(26)22-19-7-3-1-5-17(19)13-18-6-2-4-8-20(18)22/h1-13H,14H2. The van der Waals surface area contributed by atoms with E-state index in [1.165, 1.54) is 0 Å². The Bertz CT molecular complexity index is 1090. The van der Waals surface area contributed by atoms with Gasteiger partial charge in [-0.15, -0.1) is 0 Å². The van der Waals surface area contributed by atoms with E-state index in [9.17, 15) is 9.59 Å². The second-order valence-electron chi connectivity index (χ2n) is 6.16. The third kappa shape index (κ3) is 2.85. The molecule has 4 rings (SSSR count). The lowest BCUT2D eigenvalue weighted by atomic mass is 9.91. The van der Waals surface area contributed by atoms with E-state index in [-0.39, 0.29) is 16.9 Å². The number of halogens is 1. The first-order valence-corrected chi connectivity index (χ1v) is 9.45. The molecule has 0 aromatic heterocycles. The van der Waals surface area contributed by atoms with Crippen molar-refractivity contribution in [3.8, 4) is 0 Å². The van der Waals surface area contributed by atoms with Crippen molar-refractivity contribution in [1.29, 1.82) is 0 Å². The minimum atomic E-state index is -0.0316. The van der Waals surface area contributed by atoms with Gasteiger partial charge in [-0.2, -0.15) is 0 Å². The molecule has 3 heteroatoms. The summed E-state index contributed by atoms with van der Waals surface area (Å²) in [6.45, 7) is 0. The first-order chi connectivity index (χ1) is 12.7. The Hall–Kier alpha value is -2.78. The molecule has 0 aliphatic heterocycles. The largest absolute Gasteiger partial charge is 0.293 e. The van der Waals surface area contributed by atoms with Crippen LogP contribution < -0.4 is 0 Å². The summed E-state index contributed by atoms with van der Waals surface area (Å²) < 4.78 is 0. The van der Waals surface area contributed by atoms with E-state index in [0.717, 1.165) is 21.5 Å². The molecule has 0 aliphatic rings. The number of alkyl halides is 1. The summed E-state index contributed by atoms with van der Waals surface area (Å²) in [5.74, 6) is -0.0320. The Morgan fingerprint density at radius 3 is 1.73 bits per heavy atom. The van der Waals surface area contributed by atoms with E-state index < -0.39 is 0 Å². The number of Topliss-reactive ketones (excluding diaryl/α,β-unsaturated/α-hetero) is 1. The quantitative estimate of drug-likeness (QED) is 0.245. The summed E-state index contributed by atoms with van der Waals surface area (Å²) in [6, 6.07) is 24.9. The molecule has 4 aromatic carbocycles. The van der Waals surface area contributed by atoms with Crippen LogP contribution in [-0.4, -0.2) is 16.9 Å². The molecule has 0 saturated heterocycles. The van der Waals surface area contributed by atoms with E-state index in [1.54, 1.807) is 24.3 Å². The van der Waals surface area contributed by atoms with Gasteiger partial charge in [0.25, 0.3) is 0 Å². The van der Waals surface area contributed by atoms with E-state index in [2.05, 4.69) is 22.0 Å². The number of hydrogen-bond donors (Lipinski definition) is 0. The lowest BCUT2D eigenvalue weighted by Gasteiger charge is -2.11. The molecule has 2 nitrogen and oxygen atoms in total. The molecule has 4 aromatic rings. The Morgan fingerprint density at radius 2 is 1.19 bits per heavy atom. The average molecular weight is 403 g/mol. The first kappa shape index (κ1) is 16.7. The predicted molar refractivity (Wildman–Crippen MR) is 109 cm³/mol. The monoisotopic (exact) mass is 402 g/mol. The molecule has 0 saturated carbocycles. The van der Waals surface area contributed by atoms with Gasteiger partial charge >= 0.3 is 0 Å². The maximum Gasteiger partial charge on any atom is 0.194 e. The number of hydrogen-bond acceptors (Lipinski definition) is 2. The van der Waals surface area contributed by atoms with Crippen LogP contribution in [0, 0.1) is 0 Å². The molecule has 126 valence electrons. The van der Waals surface area contributed by atoms with Gasteiger partial charge in [0.15, 0.2) is 11.6 Å². The Morgan fingerprint density at radius 1 is 0.692 bits per heavy atom. The Balaban J connectivity index is 1.92. The van der Waals surface area contributed by atoms with Crippen LogP contribution >= 0.6 is 15.9 Å². The van der Waals surface area contributed by atoms with E-state index in [0.29, 0.717) is 16.7 Å². The van der Waals surface area contributed by atoms with Gasteiger partial charge in [0, 0.05) is 16.7 Å². The summed E-state index contributed by atoms with van der Waals surface area (Å²) in [7, 11) is 0. The van der Waals surface area contributed by atoms with Crippen LogP contribution in [0.2, 0.25) is 0 Å². The van der Waals surface area contributed by atoms with Crippen LogP contribution in [0.15, 0.2) is 78.9 Å². The molecule has 0 amide bonds. The molecule has 0 heterocycles. The fraction of sp³-hybridized carbons (Fsp3) is 0.0435. The molecule has 26 heavy (non-hydrogen) atoms. The zero-order valence-electron chi connectivity index (χ0n) is 13.9. The number of carbonyl (C=O) groups is 2. The number of benzene rings is 4. The van der Waals surface area contributed by atoms with E-state index >= 15 is 0 Å². The minimum Gasteiger partial charge on any atom is -0.293 e. The van der Waals surface area contributed by atoms with Crippen molar-refractivity contribution in [1.82, 2.24) is 0 Å². The van der Waals surface area contributed by atoms with Crippen molar-refractivity contribution in [3.05, 3.63) is 95.6 Å². The third-order valence-electron chi connectivity index (χ3n) is 4.59. The Labute approximate surface area is 159 Å². The normalized spacial score (nSPS) is 11.0. The van der Waals surface area contributed by atoms with Gasteiger partial charge in [-0.05, 0) is 27.6 Å². The lowest BCUT2D eigenvalue weighted by molar-refractivity contribution is 0.101. The molecular formula is C23H15BrO2. The molecule has 0 radical (unpaired) electrons. The second-order valence-corrected chi connectivity index (χ2v) is 6.72. The fourth-order valence-electron chi connectivity index (χ4n) is 3.29. The van der Waals surface area contributed by atoms with Crippen LogP contribution in [0.5, 0.6) is 0 Å². The van der Waals surface area contributed by atoms with Gasteiger partial charge < -0.3 is 0 Å². The lowest BCUT2D eigenvalue weighted by Crippen LogP contribution is -2.05. The van der Waals surface area contributed by atoms with Gasteiger partial charge in [-0.25, -0.2) is 0 Å². The van der Waals surface area contributed by atoms with Crippen molar-refractivity contribution in [2.24, 2.45) is 0 Å². The second kappa shape index (κ2) is 6.85. The van der Waals surface area contributed by atoms with E-state index in [4.69, 9.17) is 0 Å². The van der Waals surface area contributed by atoms with Crippen molar-refractivity contribution in [2.45, 2.75) is 0 Å². The maximum absolute atomic E-state index is 13.3. The summed E-state index contributed by atoms with van der Waals surface area (Å²) in [5.41, 5.74) is 1.89. The van der Waals surface area contributed by atoms with Gasteiger partial charge in [0.2, 0.25) is 0 Å². The number of carbonyl (C=O) groups excluding carboxylic acids is 2. The van der Waals surface area contributed by atoms with Crippen LogP contribution in [0.25, 0.3) is 21.5 Å². The van der Waals surface area contributed by atoms with Crippen molar-refractivity contribution < 1.29 is 9.59 Å². The van der Waals surface area contributed by atoms with Crippen molar-refractivity contribution >= 4 is 49.0 Å². The molecule has 0 unspecified atom stereocenters. The number of fused-ring (bicyclic) bond motifs is 2. The highest BCUT2D eigenvalue weighted by molar-refractivity contribution is 9.09. The van der Waals surface area contributed by atoms with Gasteiger partial charge in [0.05, 0.1) is 5.33 Å². The number of ketones is 2. The number of rotatable bonds is 4. The van der Waals surface area contributed by atoms with E-state index in [1.807, 2.05) is 48.5 Å². The third-order valence-corrected chi connectivity index (χ3v) is 5.10. The Kier molecular flexibility index (Phi) is 4.39. The zero-order valence-corrected chi connectivity index (χ0v) is 15.5. The summed E-state index contributed by atoms with van der Waals surface area (Å²) in [6.07, 6.45) is 0. The molecule has 0 atom stereocenters. The molecule has 0 N–H and O–H groups in total. The predicted octanol–water partition coefficient (Wildman–Crippen LogP) is 5.80. The average Bonchev–Trinajstić information content (AvgIpc) is 2.71. The molecular weight excluding hydrogens is 388 g/mol. The minimum absolute atomic E-state index is 0.000361. The molecule has 0 aliphatic carbocycles.